The molecule has 162 valence electrons. The van der Waals surface area contributed by atoms with Crippen LogP contribution in [0.15, 0.2) is 34.7 Å². The molecule has 0 saturated carbocycles. The topological polar surface area (TPSA) is 91.3 Å². The van der Waals surface area contributed by atoms with Crippen LogP contribution in [-0.2, 0) is 34.8 Å². The average Bonchev–Trinajstić information content (AvgIpc) is 2.71. The van der Waals surface area contributed by atoms with E-state index in [1.165, 1.54) is 21.3 Å². The van der Waals surface area contributed by atoms with Crippen LogP contribution in [0.1, 0.15) is 45.6 Å². The Labute approximate surface area is 175 Å². The Morgan fingerprint density at radius 2 is 1.52 bits per heavy atom. The van der Waals surface area contributed by atoms with Gasteiger partial charge in [0, 0.05) is 11.8 Å². The Kier molecular flexibility index (Phi) is 9.49. The fraction of sp³-hybridized carbons (Fsp3) is 0.571. The second kappa shape index (κ2) is 11.1. The van der Waals surface area contributed by atoms with Crippen molar-refractivity contribution in [3.8, 4) is 0 Å². The number of ether oxygens (including phenoxy) is 3. The van der Waals surface area contributed by atoms with Crippen LogP contribution in [0.5, 0.6) is 0 Å². The molecular formula is C21H31NO6S. The van der Waals surface area contributed by atoms with Crippen molar-refractivity contribution < 1.29 is 28.0 Å². The largest absolute Gasteiger partial charge is 0.483 e. The highest BCUT2D eigenvalue weighted by molar-refractivity contribution is 7.85. The molecule has 0 aliphatic carbocycles. The minimum atomic E-state index is -1.57. The minimum Gasteiger partial charge on any atom is -0.483 e. The molecule has 0 N–H and O–H groups in total. The predicted molar refractivity (Wildman–Crippen MR) is 113 cm³/mol. The van der Waals surface area contributed by atoms with Crippen molar-refractivity contribution >= 4 is 28.8 Å². The molecule has 0 bridgehead atoms. The highest BCUT2D eigenvalue weighted by atomic mass is 32.2. The molecule has 0 amide bonds. The van der Waals surface area contributed by atoms with Crippen LogP contribution in [0.2, 0.25) is 0 Å². The molecule has 29 heavy (non-hydrogen) atoms. The summed E-state index contributed by atoms with van der Waals surface area (Å²) in [5.74, 6) is -3.60. The van der Waals surface area contributed by atoms with Crippen molar-refractivity contribution in [3.63, 3.8) is 0 Å². The standard InChI is InChI=1S/C21H31NO6S/c1-8-15(18(26-5)22-29(25)21(2,3)4)16(14-12-10-9-11-13-14)17(19(23)27-6)20(24)28-7/h9-13,15-17H,8H2,1-7H3/b22-18-/t15-,16-,29?/m1/s1. The average molecular weight is 426 g/mol. The summed E-state index contributed by atoms with van der Waals surface area (Å²) in [5.41, 5.74) is 0.728. The van der Waals surface area contributed by atoms with E-state index in [1.54, 1.807) is 20.8 Å². The van der Waals surface area contributed by atoms with E-state index in [0.717, 1.165) is 5.56 Å². The van der Waals surface area contributed by atoms with Crippen molar-refractivity contribution in [1.29, 1.82) is 0 Å². The van der Waals surface area contributed by atoms with Crippen LogP contribution >= 0.6 is 0 Å². The fourth-order valence-electron chi connectivity index (χ4n) is 3.03. The van der Waals surface area contributed by atoms with Gasteiger partial charge in [0.1, 0.15) is 11.0 Å². The summed E-state index contributed by atoms with van der Waals surface area (Å²) in [7, 11) is 2.32. The maximum absolute atomic E-state index is 12.6. The maximum Gasteiger partial charge on any atom is 0.320 e. The van der Waals surface area contributed by atoms with Crippen molar-refractivity contribution in [2.45, 2.75) is 44.8 Å². The second-order valence-corrected chi connectivity index (χ2v) is 9.38. The third-order valence-electron chi connectivity index (χ3n) is 4.55. The Bertz CT molecular complexity index is 725. The van der Waals surface area contributed by atoms with Crippen molar-refractivity contribution in [1.82, 2.24) is 0 Å². The molecular weight excluding hydrogens is 394 g/mol. The van der Waals surface area contributed by atoms with E-state index in [4.69, 9.17) is 14.2 Å². The zero-order valence-corrected chi connectivity index (χ0v) is 18.9. The zero-order chi connectivity index (χ0) is 22.2. The van der Waals surface area contributed by atoms with Gasteiger partial charge in [-0.2, -0.15) is 4.40 Å². The van der Waals surface area contributed by atoms with E-state index in [2.05, 4.69) is 4.40 Å². The van der Waals surface area contributed by atoms with Crippen molar-refractivity contribution in [3.05, 3.63) is 35.9 Å². The van der Waals surface area contributed by atoms with Gasteiger partial charge in [-0.15, -0.1) is 0 Å². The van der Waals surface area contributed by atoms with Crippen LogP contribution < -0.4 is 0 Å². The molecule has 0 fully saturated rings. The van der Waals surface area contributed by atoms with Gasteiger partial charge in [0.2, 0.25) is 5.90 Å². The Balaban J connectivity index is 3.64. The highest BCUT2D eigenvalue weighted by Gasteiger charge is 2.44. The lowest BCUT2D eigenvalue weighted by Crippen LogP contribution is -2.39. The summed E-state index contributed by atoms with van der Waals surface area (Å²) in [4.78, 5) is 25.2. The molecule has 0 heterocycles. The van der Waals surface area contributed by atoms with Gasteiger partial charge in [0.25, 0.3) is 0 Å². The third-order valence-corrected chi connectivity index (χ3v) is 5.94. The molecule has 1 rings (SSSR count). The minimum absolute atomic E-state index is 0.215. The van der Waals surface area contributed by atoms with Gasteiger partial charge in [0.15, 0.2) is 5.92 Å². The Hall–Kier alpha value is -2.22. The summed E-state index contributed by atoms with van der Waals surface area (Å²) in [5, 5.41) is 0. The van der Waals surface area contributed by atoms with Crippen LogP contribution in [0, 0.1) is 11.8 Å². The molecule has 1 aromatic rings. The highest BCUT2D eigenvalue weighted by Crippen LogP contribution is 2.37. The summed E-state index contributed by atoms with van der Waals surface area (Å²) < 4.78 is 31.6. The molecule has 1 aromatic carbocycles. The van der Waals surface area contributed by atoms with Crippen LogP contribution in [0.25, 0.3) is 0 Å². The lowest BCUT2D eigenvalue weighted by atomic mass is 9.75. The molecule has 0 aliphatic heterocycles. The van der Waals surface area contributed by atoms with Crippen LogP contribution in [0.4, 0.5) is 0 Å². The van der Waals surface area contributed by atoms with Crippen molar-refractivity contribution in [2.24, 2.45) is 16.2 Å². The first-order chi connectivity index (χ1) is 13.6. The van der Waals surface area contributed by atoms with Crippen LogP contribution in [-0.4, -0.2) is 48.1 Å². The van der Waals surface area contributed by atoms with E-state index in [1.807, 2.05) is 37.3 Å². The number of esters is 2. The quantitative estimate of drug-likeness (QED) is 0.275. The Morgan fingerprint density at radius 1 is 1.00 bits per heavy atom. The number of benzene rings is 1. The van der Waals surface area contributed by atoms with Gasteiger partial charge in [0.05, 0.1) is 26.1 Å². The van der Waals surface area contributed by atoms with E-state index in [0.29, 0.717) is 6.42 Å². The number of nitrogens with zero attached hydrogens (tertiary/aromatic N) is 1. The molecule has 0 saturated heterocycles. The predicted octanol–water partition coefficient (Wildman–Crippen LogP) is 3.27. The van der Waals surface area contributed by atoms with Gasteiger partial charge in [-0.25, -0.2) is 4.21 Å². The molecule has 0 aromatic heterocycles. The van der Waals surface area contributed by atoms with Gasteiger partial charge < -0.3 is 14.2 Å². The number of carbonyl (C=O) groups is 2. The summed E-state index contributed by atoms with van der Waals surface area (Å²) in [6.07, 6.45) is 0.484. The van der Waals surface area contributed by atoms with Gasteiger partial charge in [-0.3, -0.25) is 9.59 Å². The SMILES string of the molecule is CC[C@@H](/C(=N/S(=O)C(C)(C)C)OC)[C@@H](c1ccccc1)C(C(=O)OC)C(=O)OC. The maximum atomic E-state index is 12.6. The first-order valence-electron chi connectivity index (χ1n) is 9.37. The van der Waals surface area contributed by atoms with Crippen molar-refractivity contribution in [2.75, 3.05) is 21.3 Å². The number of rotatable bonds is 8. The summed E-state index contributed by atoms with van der Waals surface area (Å²) >= 11 is 0. The monoisotopic (exact) mass is 425 g/mol. The molecule has 0 aliphatic rings. The van der Waals surface area contributed by atoms with Gasteiger partial charge >= 0.3 is 11.9 Å². The fourth-order valence-corrected chi connectivity index (χ4v) is 3.68. The lowest BCUT2D eigenvalue weighted by Gasteiger charge is -2.31. The number of methoxy groups -OCH3 is 3. The van der Waals surface area contributed by atoms with Gasteiger partial charge in [-0.05, 0) is 32.8 Å². The third kappa shape index (κ3) is 6.39. The number of carbonyl (C=O) groups excluding carboxylic acids is 2. The molecule has 7 nitrogen and oxygen atoms in total. The molecule has 0 radical (unpaired) electrons. The zero-order valence-electron chi connectivity index (χ0n) is 18.1. The molecule has 0 spiro atoms. The van der Waals surface area contributed by atoms with E-state index < -0.39 is 45.4 Å². The smallest absolute Gasteiger partial charge is 0.320 e. The van der Waals surface area contributed by atoms with Crippen LogP contribution in [0.3, 0.4) is 0 Å². The second-order valence-electron chi connectivity index (χ2n) is 7.47. The normalized spacial score (nSPS) is 15.4. The van der Waals surface area contributed by atoms with E-state index in [9.17, 15) is 13.8 Å². The molecule has 8 heteroatoms. The molecule has 3 atom stereocenters. The molecule has 1 unspecified atom stereocenters. The first-order valence-corrected chi connectivity index (χ1v) is 10.5. The lowest BCUT2D eigenvalue weighted by molar-refractivity contribution is -0.160. The Morgan fingerprint density at radius 3 is 1.90 bits per heavy atom. The first kappa shape index (κ1) is 24.8. The van der Waals surface area contributed by atoms with Gasteiger partial charge in [-0.1, -0.05) is 37.3 Å². The number of hydrogen-bond donors (Lipinski definition) is 0. The summed E-state index contributed by atoms with van der Waals surface area (Å²) in [6, 6.07) is 9.11. The summed E-state index contributed by atoms with van der Waals surface area (Å²) in [6.45, 7) is 7.31. The number of hydrogen-bond acceptors (Lipinski definition) is 6. The van der Waals surface area contributed by atoms with E-state index >= 15 is 0 Å². The van der Waals surface area contributed by atoms with E-state index in [-0.39, 0.29) is 5.90 Å².